The van der Waals surface area contributed by atoms with Crippen LogP contribution in [0.25, 0.3) is 0 Å². The van der Waals surface area contributed by atoms with Gasteiger partial charge in [-0.3, -0.25) is 0 Å². The lowest BCUT2D eigenvalue weighted by molar-refractivity contribution is 0.567. The molecule has 0 aliphatic carbocycles. The molecule has 0 unspecified atom stereocenters. The molecule has 0 fully saturated rings. The minimum absolute atomic E-state index is 0.339. The van der Waals surface area contributed by atoms with Crippen molar-refractivity contribution in [2.24, 2.45) is 11.5 Å². The molecule has 0 aliphatic rings. The lowest BCUT2D eigenvalue weighted by Crippen LogP contribution is -2.47. The zero-order valence-electron chi connectivity index (χ0n) is 9.63. The molecule has 0 aliphatic heterocycles. The van der Waals surface area contributed by atoms with Gasteiger partial charge in [0.15, 0.2) is 0 Å². The van der Waals surface area contributed by atoms with Crippen molar-refractivity contribution >= 4 is 55.1 Å². The van der Waals surface area contributed by atoms with E-state index in [4.69, 9.17) is 34.7 Å². The highest BCUT2D eigenvalue weighted by Crippen LogP contribution is 2.41. The van der Waals surface area contributed by atoms with E-state index in [2.05, 4.69) is 31.9 Å². The van der Waals surface area contributed by atoms with Crippen LogP contribution >= 0.6 is 55.1 Å². The van der Waals surface area contributed by atoms with Crippen LogP contribution in [0.15, 0.2) is 45.3 Å². The number of benzene rings is 2. The summed E-state index contributed by atoms with van der Waals surface area (Å²) in [7, 11) is 0. The Balaban J connectivity index is 2.65. The van der Waals surface area contributed by atoms with Crippen molar-refractivity contribution in [1.82, 2.24) is 0 Å². The topological polar surface area (TPSA) is 52.0 Å². The van der Waals surface area contributed by atoms with Crippen molar-refractivity contribution in [3.05, 3.63) is 66.5 Å². The lowest BCUT2D eigenvalue weighted by atomic mass is 9.93. The minimum atomic E-state index is -1.22. The maximum absolute atomic E-state index is 6.26. The van der Waals surface area contributed by atoms with Crippen molar-refractivity contribution in [2.45, 2.75) is 5.66 Å². The first kappa shape index (κ1) is 15.3. The second-order valence-electron chi connectivity index (χ2n) is 4.08. The Morgan fingerprint density at radius 2 is 1.53 bits per heavy atom. The van der Waals surface area contributed by atoms with E-state index in [0.29, 0.717) is 20.1 Å². The molecule has 0 spiro atoms. The van der Waals surface area contributed by atoms with Crippen LogP contribution in [0.5, 0.6) is 0 Å². The summed E-state index contributed by atoms with van der Waals surface area (Å²) < 4.78 is 1.42. The van der Waals surface area contributed by atoms with Crippen molar-refractivity contribution in [3.63, 3.8) is 0 Å². The Kier molecular flexibility index (Phi) is 4.60. The normalized spacial score (nSPS) is 11.7. The first-order valence-corrected chi connectivity index (χ1v) is 7.66. The maximum Gasteiger partial charge on any atom is 0.118 e. The standard InChI is InChI=1S/C13H10Br2Cl2N2/c14-9-6-8(11(16)12(17)10(9)15)13(18,19)7-4-2-1-3-5-7/h1-6H,18-19H2. The zero-order chi connectivity index (χ0) is 14.2. The van der Waals surface area contributed by atoms with Gasteiger partial charge in [0.05, 0.1) is 14.5 Å². The molecule has 0 bridgehead atoms. The predicted molar refractivity (Wildman–Crippen MR) is 87.5 cm³/mol. The number of rotatable bonds is 2. The van der Waals surface area contributed by atoms with Crippen LogP contribution in [-0.4, -0.2) is 0 Å². The molecule has 0 amide bonds. The van der Waals surface area contributed by atoms with E-state index in [1.165, 1.54) is 0 Å². The number of hydrogen-bond acceptors (Lipinski definition) is 2. The predicted octanol–water partition coefficient (Wildman–Crippen LogP) is 4.64. The SMILES string of the molecule is NC(N)(c1ccccc1)c1cc(Br)c(Br)c(Cl)c1Cl. The van der Waals surface area contributed by atoms with Gasteiger partial charge in [0.25, 0.3) is 0 Å². The molecule has 2 aromatic carbocycles. The van der Waals surface area contributed by atoms with Gasteiger partial charge in [-0.2, -0.15) is 0 Å². The average Bonchev–Trinajstić information content (AvgIpc) is 2.41. The van der Waals surface area contributed by atoms with Crippen LogP contribution in [0.3, 0.4) is 0 Å². The molecule has 0 saturated carbocycles. The van der Waals surface area contributed by atoms with Gasteiger partial charge in [-0.1, -0.05) is 53.5 Å². The van der Waals surface area contributed by atoms with E-state index in [9.17, 15) is 0 Å². The Hall–Kier alpha value is -0.100. The Morgan fingerprint density at radius 3 is 2.11 bits per heavy atom. The van der Waals surface area contributed by atoms with Gasteiger partial charge in [-0.25, -0.2) is 0 Å². The van der Waals surface area contributed by atoms with Gasteiger partial charge < -0.3 is 11.5 Å². The fourth-order valence-corrected chi connectivity index (χ4v) is 3.22. The molecular formula is C13H10Br2Cl2N2. The van der Waals surface area contributed by atoms with Gasteiger partial charge in [0.1, 0.15) is 5.66 Å². The molecule has 100 valence electrons. The Labute approximate surface area is 138 Å². The highest BCUT2D eigenvalue weighted by Gasteiger charge is 2.29. The van der Waals surface area contributed by atoms with Crippen LogP contribution in [0.4, 0.5) is 0 Å². The Morgan fingerprint density at radius 1 is 0.947 bits per heavy atom. The molecule has 0 aromatic heterocycles. The summed E-state index contributed by atoms with van der Waals surface area (Å²) in [5.41, 5.74) is 12.6. The molecule has 19 heavy (non-hydrogen) atoms. The summed E-state index contributed by atoms with van der Waals surface area (Å²) in [6.07, 6.45) is 0. The first-order valence-electron chi connectivity index (χ1n) is 5.32. The average molecular weight is 425 g/mol. The fourth-order valence-electron chi connectivity index (χ4n) is 1.74. The fraction of sp³-hybridized carbons (Fsp3) is 0.0769. The largest absolute Gasteiger partial charge is 0.306 e. The number of halogens is 4. The smallest absolute Gasteiger partial charge is 0.118 e. The maximum atomic E-state index is 6.26. The van der Waals surface area contributed by atoms with E-state index in [0.717, 1.165) is 10.0 Å². The van der Waals surface area contributed by atoms with E-state index >= 15 is 0 Å². The minimum Gasteiger partial charge on any atom is -0.306 e. The van der Waals surface area contributed by atoms with Gasteiger partial charge >= 0.3 is 0 Å². The summed E-state index contributed by atoms with van der Waals surface area (Å²) in [4.78, 5) is 0. The van der Waals surface area contributed by atoms with E-state index in [1.807, 2.05) is 30.3 Å². The van der Waals surface area contributed by atoms with Crippen molar-refractivity contribution in [2.75, 3.05) is 0 Å². The van der Waals surface area contributed by atoms with Crippen LogP contribution in [0.2, 0.25) is 10.0 Å². The molecular weight excluding hydrogens is 415 g/mol. The summed E-state index contributed by atoms with van der Waals surface area (Å²) >= 11 is 19.2. The number of hydrogen-bond donors (Lipinski definition) is 2. The molecule has 6 heteroatoms. The van der Waals surface area contributed by atoms with Crippen LogP contribution in [0.1, 0.15) is 11.1 Å². The lowest BCUT2D eigenvalue weighted by Gasteiger charge is -2.27. The monoisotopic (exact) mass is 422 g/mol. The van der Waals surface area contributed by atoms with Gasteiger partial charge in [-0.05, 0) is 43.5 Å². The van der Waals surface area contributed by atoms with E-state index < -0.39 is 5.66 Å². The van der Waals surface area contributed by atoms with Gasteiger partial charge in [0, 0.05) is 10.0 Å². The molecule has 2 rings (SSSR count). The second kappa shape index (κ2) is 5.72. The summed E-state index contributed by atoms with van der Waals surface area (Å²) in [5, 5.41) is 0.716. The quantitative estimate of drug-likeness (QED) is 0.419. The van der Waals surface area contributed by atoms with Crippen molar-refractivity contribution in [3.8, 4) is 0 Å². The zero-order valence-corrected chi connectivity index (χ0v) is 14.3. The highest BCUT2D eigenvalue weighted by molar-refractivity contribution is 9.13. The number of nitrogens with two attached hydrogens (primary N) is 2. The summed E-state index contributed by atoms with van der Waals surface area (Å²) in [5.74, 6) is 0. The summed E-state index contributed by atoms with van der Waals surface area (Å²) in [6, 6.07) is 11.1. The third kappa shape index (κ3) is 2.84. The van der Waals surface area contributed by atoms with E-state index in [1.54, 1.807) is 6.07 Å². The Bertz CT molecular complexity index is 616. The van der Waals surface area contributed by atoms with Crippen molar-refractivity contribution in [1.29, 1.82) is 0 Å². The second-order valence-corrected chi connectivity index (χ2v) is 6.49. The van der Waals surface area contributed by atoms with Crippen molar-refractivity contribution < 1.29 is 0 Å². The van der Waals surface area contributed by atoms with Crippen LogP contribution in [0, 0.1) is 0 Å². The third-order valence-electron chi connectivity index (χ3n) is 2.80. The first-order chi connectivity index (χ1) is 8.85. The van der Waals surface area contributed by atoms with Crippen LogP contribution in [-0.2, 0) is 5.66 Å². The third-order valence-corrected chi connectivity index (χ3v) is 5.88. The molecule has 2 nitrogen and oxygen atoms in total. The summed E-state index contributed by atoms with van der Waals surface area (Å²) in [6.45, 7) is 0. The molecule has 0 saturated heterocycles. The molecule has 0 heterocycles. The van der Waals surface area contributed by atoms with E-state index in [-0.39, 0.29) is 0 Å². The molecule has 2 aromatic rings. The molecule has 4 N–H and O–H groups in total. The highest BCUT2D eigenvalue weighted by atomic mass is 79.9. The van der Waals surface area contributed by atoms with Crippen LogP contribution < -0.4 is 11.5 Å². The molecule has 0 radical (unpaired) electrons. The van der Waals surface area contributed by atoms with Gasteiger partial charge in [0.2, 0.25) is 0 Å². The molecule has 0 atom stereocenters. The van der Waals surface area contributed by atoms with Gasteiger partial charge in [-0.15, -0.1) is 0 Å².